The van der Waals surface area contributed by atoms with Crippen molar-refractivity contribution in [2.45, 2.75) is 55.6 Å². The highest BCUT2D eigenvalue weighted by atomic mass is 16.5. The minimum absolute atomic E-state index is 0.0868. The first-order chi connectivity index (χ1) is 13.6. The van der Waals surface area contributed by atoms with Crippen LogP contribution in [0.1, 0.15) is 37.3 Å². The molecule has 1 aromatic rings. The molecule has 152 valence electrons. The summed E-state index contributed by atoms with van der Waals surface area (Å²) in [6.45, 7) is 1.89. The van der Waals surface area contributed by atoms with Crippen LogP contribution in [-0.4, -0.2) is 65.7 Å². The average molecular weight is 385 g/mol. The fourth-order valence-corrected chi connectivity index (χ4v) is 4.96. The minimum atomic E-state index is -0.742. The van der Waals surface area contributed by atoms with Crippen molar-refractivity contribution in [3.63, 3.8) is 0 Å². The predicted molar refractivity (Wildman–Crippen MR) is 110 cm³/mol. The maximum absolute atomic E-state index is 11.2. The van der Waals surface area contributed by atoms with E-state index in [0.29, 0.717) is 32.5 Å². The SMILES string of the molecule is COC(CC1(O)CN(C(C2=CC=CCC2)c2ccccc2)C1)C1CC(O)CN1. The van der Waals surface area contributed by atoms with Crippen molar-refractivity contribution in [1.29, 1.82) is 0 Å². The molecule has 0 radical (unpaired) electrons. The first-order valence-corrected chi connectivity index (χ1v) is 10.4. The summed E-state index contributed by atoms with van der Waals surface area (Å²) in [5.41, 5.74) is 1.96. The molecule has 0 saturated carbocycles. The van der Waals surface area contributed by atoms with Crippen molar-refractivity contribution in [3.05, 3.63) is 59.7 Å². The Kier molecular flexibility index (Phi) is 5.99. The smallest absolute Gasteiger partial charge is 0.0926 e. The molecule has 4 unspecified atom stereocenters. The normalized spacial score (nSPS) is 29.2. The van der Waals surface area contributed by atoms with Crippen LogP contribution in [-0.2, 0) is 4.74 Å². The third-order valence-electron chi connectivity index (χ3n) is 6.35. The van der Waals surface area contributed by atoms with Crippen LogP contribution in [0, 0.1) is 0 Å². The molecule has 5 nitrogen and oxygen atoms in total. The summed E-state index contributed by atoms with van der Waals surface area (Å²) in [5, 5.41) is 24.3. The van der Waals surface area contributed by atoms with Gasteiger partial charge in [-0.1, -0.05) is 48.6 Å². The molecule has 1 aliphatic carbocycles. The zero-order chi connectivity index (χ0) is 19.6. The van der Waals surface area contributed by atoms with Gasteiger partial charge in [0, 0.05) is 39.2 Å². The van der Waals surface area contributed by atoms with Crippen LogP contribution in [0.2, 0.25) is 0 Å². The van der Waals surface area contributed by atoms with Gasteiger partial charge in [0.1, 0.15) is 0 Å². The summed E-state index contributed by atoms with van der Waals surface area (Å²) < 4.78 is 5.68. The van der Waals surface area contributed by atoms with E-state index in [1.54, 1.807) is 7.11 Å². The van der Waals surface area contributed by atoms with Gasteiger partial charge >= 0.3 is 0 Å². The number of nitrogens with zero attached hydrogens (tertiary/aromatic N) is 1. The van der Waals surface area contributed by atoms with Gasteiger partial charge in [0.25, 0.3) is 0 Å². The van der Waals surface area contributed by atoms with E-state index in [4.69, 9.17) is 4.74 Å². The quantitative estimate of drug-likeness (QED) is 0.673. The zero-order valence-corrected chi connectivity index (χ0v) is 16.6. The number of hydrogen-bond acceptors (Lipinski definition) is 5. The number of aliphatic hydroxyl groups excluding tert-OH is 1. The lowest BCUT2D eigenvalue weighted by atomic mass is 9.81. The van der Waals surface area contributed by atoms with E-state index in [9.17, 15) is 10.2 Å². The molecule has 4 rings (SSSR count). The molecule has 3 N–H and O–H groups in total. The van der Waals surface area contributed by atoms with Gasteiger partial charge in [-0.25, -0.2) is 0 Å². The lowest BCUT2D eigenvalue weighted by molar-refractivity contribution is -0.138. The van der Waals surface area contributed by atoms with Crippen molar-refractivity contribution >= 4 is 0 Å². The highest BCUT2D eigenvalue weighted by Gasteiger charge is 2.47. The molecule has 2 saturated heterocycles. The Morgan fingerprint density at radius 1 is 1.29 bits per heavy atom. The van der Waals surface area contributed by atoms with Crippen LogP contribution in [0.4, 0.5) is 0 Å². The Hall–Kier alpha value is -1.50. The Balaban J connectivity index is 1.44. The summed E-state index contributed by atoms with van der Waals surface area (Å²) >= 11 is 0. The second kappa shape index (κ2) is 8.47. The standard InChI is InChI=1S/C23H32N2O3/c1-28-21(20-12-19(26)14-24-20)13-23(27)15-25(16-23)22(17-8-4-2-5-9-17)18-10-6-3-7-11-18/h2-6,8-10,19-22,24,26-27H,7,11-16H2,1H3. The van der Waals surface area contributed by atoms with E-state index < -0.39 is 5.60 Å². The molecular formula is C23H32N2O3. The molecule has 0 spiro atoms. The molecule has 1 aromatic carbocycles. The maximum atomic E-state index is 11.2. The van der Waals surface area contributed by atoms with E-state index in [1.807, 2.05) is 6.07 Å². The topological polar surface area (TPSA) is 65.0 Å². The molecule has 28 heavy (non-hydrogen) atoms. The van der Waals surface area contributed by atoms with Crippen LogP contribution in [0.25, 0.3) is 0 Å². The predicted octanol–water partition coefficient (Wildman–Crippen LogP) is 2.18. The van der Waals surface area contributed by atoms with Gasteiger partial charge in [0.05, 0.1) is 23.9 Å². The third kappa shape index (κ3) is 4.24. The summed E-state index contributed by atoms with van der Waals surface area (Å²) in [7, 11) is 1.70. The molecule has 0 bridgehead atoms. The Morgan fingerprint density at radius 3 is 2.68 bits per heavy atom. The summed E-state index contributed by atoms with van der Waals surface area (Å²) in [4.78, 5) is 2.38. The first-order valence-electron chi connectivity index (χ1n) is 10.4. The number of aliphatic hydroxyl groups is 2. The average Bonchev–Trinajstić information content (AvgIpc) is 3.13. The molecule has 0 amide bonds. The minimum Gasteiger partial charge on any atom is -0.392 e. The zero-order valence-electron chi connectivity index (χ0n) is 16.6. The number of rotatable bonds is 7. The lowest BCUT2D eigenvalue weighted by Gasteiger charge is -2.52. The van der Waals surface area contributed by atoms with Gasteiger partial charge in [-0.3, -0.25) is 4.90 Å². The van der Waals surface area contributed by atoms with Crippen molar-refractivity contribution < 1.29 is 14.9 Å². The van der Waals surface area contributed by atoms with Gasteiger partial charge < -0.3 is 20.3 Å². The second-order valence-corrected chi connectivity index (χ2v) is 8.53. The molecule has 2 aliphatic heterocycles. The van der Waals surface area contributed by atoms with Crippen molar-refractivity contribution in [3.8, 4) is 0 Å². The van der Waals surface area contributed by atoms with Crippen molar-refractivity contribution in [2.24, 2.45) is 0 Å². The number of hydrogen-bond donors (Lipinski definition) is 3. The molecule has 2 fully saturated rings. The third-order valence-corrected chi connectivity index (χ3v) is 6.35. The van der Waals surface area contributed by atoms with Crippen LogP contribution in [0.3, 0.4) is 0 Å². The summed E-state index contributed by atoms with van der Waals surface area (Å²) in [6.07, 6.45) is 9.61. The lowest BCUT2D eigenvalue weighted by Crippen LogP contribution is -2.64. The van der Waals surface area contributed by atoms with Gasteiger partial charge in [-0.05, 0) is 30.4 Å². The molecule has 2 heterocycles. The maximum Gasteiger partial charge on any atom is 0.0926 e. The Bertz CT molecular complexity index is 712. The van der Waals surface area contributed by atoms with E-state index in [2.05, 4.69) is 52.7 Å². The highest BCUT2D eigenvalue weighted by Crippen LogP contribution is 2.40. The summed E-state index contributed by atoms with van der Waals surface area (Å²) in [5.74, 6) is 0. The Morgan fingerprint density at radius 2 is 2.07 bits per heavy atom. The number of benzene rings is 1. The number of nitrogens with one attached hydrogen (secondary N) is 1. The highest BCUT2D eigenvalue weighted by molar-refractivity contribution is 5.33. The van der Waals surface area contributed by atoms with Crippen LogP contribution in [0.5, 0.6) is 0 Å². The second-order valence-electron chi connectivity index (χ2n) is 8.53. The van der Waals surface area contributed by atoms with Gasteiger partial charge in [0.2, 0.25) is 0 Å². The molecule has 0 aromatic heterocycles. The molecule has 3 aliphatic rings. The van der Waals surface area contributed by atoms with Gasteiger partial charge in [0.15, 0.2) is 0 Å². The molecule has 5 heteroatoms. The van der Waals surface area contributed by atoms with Crippen LogP contribution >= 0.6 is 0 Å². The number of methoxy groups -OCH3 is 1. The van der Waals surface area contributed by atoms with E-state index in [0.717, 1.165) is 12.8 Å². The molecular weight excluding hydrogens is 352 g/mol. The van der Waals surface area contributed by atoms with E-state index in [1.165, 1.54) is 11.1 Å². The number of β-amino-alcohol motifs (C(OH)–C–C–N with tert-alkyl or cyclic N) is 2. The molecule has 4 atom stereocenters. The largest absolute Gasteiger partial charge is 0.392 e. The fraction of sp³-hybridized carbons (Fsp3) is 0.565. The van der Waals surface area contributed by atoms with E-state index >= 15 is 0 Å². The van der Waals surface area contributed by atoms with Crippen molar-refractivity contribution in [2.75, 3.05) is 26.7 Å². The first kappa shape index (κ1) is 19.8. The van der Waals surface area contributed by atoms with Gasteiger partial charge in [-0.2, -0.15) is 0 Å². The Labute approximate surface area is 167 Å². The fourth-order valence-electron chi connectivity index (χ4n) is 4.96. The van der Waals surface area contributed by atoms with E-state index in [-0.39, 0.29) is 24.3 Å². The number of ether oxygens (including phenoxy) is 1. The van der Waals surface area contributed by atoms with Crippen LogP contribution < -0.4 is 5.32 Å². The number of likely N-dealkylation sites (tertiary alicyclic amines) is 1. The van der Waals surface area contributed by atoms with Crippen LogP contribution in [0.15, 0.2) is 54.1 Å². The number of allylic oxidation sites excluding steroid dienone is 3. The van der Waals surface area contributed by atoms with Crippen molar-refractivity contribution in [1.82, 2.24) is 10.2 Å². The summed E-state index contributed by atoms with van der Waals surface area (Å²) in [6, 6.07) is 10.9. The monoisotopic (exact) mass is 384 g/mol. The van der Waals surface area contributed by atoms with Gasteiger partial charge in [-0.15, -0.1) is 0 Å².